The second-order valence-electron chi connectivity index (χ2n) is 5.39. The number of hydrogen-bond donors (Lipinski definition) is 2. The molecule has 0 spiro atoms. The lowest BCUT2D eigenvalue weighted by Crippen LogP contribution is -2.39. The average molecular weight is 302 g/mol. The molecule has 2 fully saturated rings. The number of rotatable bonds is 2. The molecular formula is C13H20ClN3OS. The highest BCUT2D eigenvalue weighted by molar-refractivity contribution is 7.13. The second-order valence-corrected chi connectivity index (χ2v) is 6.25. The fraction of sp³-hybridized carbons (Fsp3) is 0.692. The zero-order valence-corrected chi connectivity index (χ0v) is 12.6. The van der Waals surface area contributed by atoms with Crippen molar-refractivity contribution in [3.05, 3.63) is 11.1 Å². The minimum atomic E-state index is -0.0256. The monoisotopic (exact) mass is 301 g/mol. The van der Waals surface area contributed by atoms with Gasteiger partial charge in [0.15, 0.2) is 5.13 Å². The first kappa shape index (κ1) is 14.8. The molecular weight excluding hydrogens is 282 g/mol. The summed E-state index contributed by atoms with van der Waals surface area (Å²) in [6.45, 7) is 1.94. The number of carbonyl (C=O) groups is 1. The molecule has 1 saturated carbocycles. The summed E-state index contributed by atoms with van der Waals surface area (Å²) in [4.78, 5) is 16.4. The third-order valence-corrected chi connectivity index (χ3v) is 4.90. The Morgan fingerprint density at radius 2 is 2.26 bits per heavy atom. The van der Waals surface area contributed by atoms with E-state index < -0.39 is 0 Å². The smallest absolute Gasteiger partial charge is 0.243 e. The van der Waals surface area contributed by atoms with Gasteiger partial charge in [0.1, 0.15) is 0 Å². The predicted octanol–water partition coefficient (Wildman–Crippen LogP) is 2.73. The lowest BCUT2D eigenvalue weighted by Gasteiger charge is -2.24. The molecule has 4 nitrogen and oxygen atoms in total. The van der Waals surface area contributed by atoms with Gasteiger partial charge in [-0.1, -0.05) is 12.8 Å². The van der Waals surface area contributed by atoms with Crippen LogP contribution in [0.1, 0.15) is 37.8 Å². The lowest BCUT2D eigenvalue weighted by molar-refractivity contribution is -0.117. The van der Waals surface area contributed by atoms with Crippen molar-refractivity contribution in [3.8, 4) is 0 Å². The van der Waals surface area contributed by atoms with Gasteiger partial charge in [-0.05, 0) is 32.1 Å². The number of thiazole rings is 1. The quantitative estimate of drug-likeness (QED) is 0.883. The van der Waals surface area contributed by atoms with Crippen LogP contribution in [0.25, 0.3) is 0 Å². The molecule has 1 saturated heterocycles. The molecule has 3 atom stereocenters. The number of aryl methyl sites for hydroxylation is 1. The van der Waals surface area contributed by atoms with Gasteiger partial charge in [0.05, 0.1) is 11.7 Å². The summed E-state index contributed by atoms with van der Waals surface area (Å²) in [5.41, 5.74) is 0.961. The van der Waals surface area contributed by atoms with Crippen molar-refractivity contribution in [1.82, 2.24) is 10.3 Å². The van der Waals surface area contributed by atoms with Crippen LogP contribution in [-0.2, 0) is 4.79 Å². The van der Waals surface area contributed by atoms with Gasteiger partial charge in [-0.2, -0.15) is 0 Å². The maximum absolute atomic E-state index is 12.2. The van der Waals surface area contributed by atoms with E-state index in [1.807, 2.05) is 12.3 Å². The summed E-state index contributed by atoms with van der Waals surface area (Å²) in [7, 11) is 0. The van der Waals surface area contributed by atoms with E-state index in [-0.39, 0.29) is 24.4 Å². The molecule has 2 heterocycles. The van der Waals surface area contributed by atoms with E-state index in [9.17, 15) is 4.79 Å². The van der Waals surface area contributed by atoms with E-state index in [0.29, 0.717) is 17.1 Å². The van der Waals surface area contributed by atoms with E-state index in [1.165, 1.54) is 37.0 Å². The zero-order valence-electron chi connectivity index (χ0n) is 11.0. The van der Waals surface area contributed by atoms with Crippen molar-refractivity contribution < 1.29 is 4.79 Å². The summed E-state index contributed by atoms with van der Waals surface area (Å²) in [6.07, 6.45) is 6.11. The van der Waals surface area contributed by atoms with E-state index in [1.54, 1.807) is 0 Å². The molecule has 1 aliphatic carbocycles. The van der Waals surface area contributed by atoms with Gasteiger partial charge in [0.2, 0.25) is 5.91 Å². The Morgan fingerprint density at radius 1 is 1.47 bits per heavy atom. The molecule has 0 radical (unpaired) electrons. The van der Waals surface area contributed by atoms with Gasteiger partial charge in [-0.3, -0.25) is 4.79 Å². The van der Waals surface area contributed by atoms with Crippen LogP contribution < -0.4 is 10.6 Å². The normalized spacial score (nSPS) is 29.4. The van der Waals surface area contributed by atoms with E-state index in [4.69, 9.17) is 0 Å². The van der Waals surface area contributed by atoms with Crippen molar-refractivity contribution in [2.24, 2.45) is 5.92 Å². The van der Waals surface area contributed by atoms with Gasteiger partial charge in [-0.15, -0.1) is 23.7 Å². The molecule has 3 rings (SSSR count). The third-order valence-electron chi connectivity index (χ3n) is 4.03. The van der Waals surface area contributed by atoms with Gasteiger partial charge in [0, 0.05) is 11.4 Å². The fourth-order valence-electron chi connectivity index (χ4n) is 3.13. The first-order chi connectivity index (χ1) is 8.72. The van der Waals surface area contributed by atoms with Crippen LogP contribution in [0.5, 0.6) is 0 Å². The molecule has 1 amide bonds. The molecule has 6 heteroatoms. The maximum atomic E-state index is 12.2. The zero-order chi connectivity index (χ0) is 12.5. The highest BCUT2D eigenvalue weighted by Gasteiger charge is 2.38. The molecule has 19 heavy (non-hydrogen) atoms. The van der Waals surface area contributed by atoms with Crippen LogP contribution in [0.15, 0.2) is 5.38 Å². The summed E-state index contributed by atoms with van der Waals surface area (Å²) in [6, 6.07) is 0.537. The van der Waals surface area contributed by atoms with Crippen molar-refractivity contribution in [2.75, 3.05) is 5.32 Å². The Balaban J connectivity index is 0.00000133. The van der Waals surface area contributed by atoms with Gasteiger partial charge < -0.3 is 10.6 Å². The number of hydrogen-bond acceptors (Lipinski definition) is 4. The Labute approximate surface area is 123 Å². The molecule has 1 aliphatic heterocycles. The number of aromatic nitrogens is 1. The lowest BCUT2D eigenvalue weighted by atomic mass is 9.85. The number of amides is 1. The predicted molar refractivity (Wildman–Crippen MR) is 80.0 cm³/mol. The first-order valence-electron chi connectivity index (χ1n) is 6.71. The van der Waals surface area contributed by atoms with Crippen molar-refractivity contribution in [3.63, 3.8) is 0 Å². The maximum Gasteiger partial charge on any atom is 0.243 e. The number of nitrogens with one attached hydrogen (secondary N) is 2. The molecule has 0 bridgehead atoms. The molecule has 0 aromatic carbocycles. The Hall–Kier alpha value is -0.650. The molecule has 1 aromatic heterocycles. The van der Waals surface area contributed by atoms with Gasteiger partial charge in [0.25, 0.3) is 0 Å². The van der Waals surface area contributed by atoms with E-state index >= 15 is 0 Å². The molecule has 2 N–H and O–H groups in total. The highest BCUT2D eigenvalue weighted by Crippen LogP contribution is 2.33. The number of halogens is 1. The molecule has 106 valence electrons. The summed E-state index contributed by atoms with van der Waals surface area (Å²) >= 11 is 1.49. The van der Waals surface area contributed by atoms with Crippen LogP contribution in [0.4, 0.5) is 5.13 Å². The first-order valence-corrected chi connectivity index (χ1v) is 7.59. The average Bonchev–Trinajstić information content (AvgIpc) is 2.95. The molecule has 1 aromatic rings. The number of anilines is 1. The topological polar surface area (TPSA) is 54.0 Å². The highest BCUT2D eigenvalue weighted by atomic mass is 35.5. The standard InChI is InChI=1S/C13H19N3OS.ClH/c1-8-7-18-13(14-8)16-12(17)11-6-9-4-2-3-5-10(9)15-11;/h7,9-11,15H,2-6H2,1H3,(H,14,16,17);1H. The number of carbonyl (C=O) groups excluding carboxylic acids is 1. The minimum Gasteiger partial charge on any atom is -0.303 e. The van der Waals surface area contributed by atoms with Crippen LogP contribution >= 0.6 is 23.7 Å². The van der Waals surface area contributed by atoms with Crippen molar-refractivity contribution in [2.45, 2.75) is 51.1 Å². The third kappa shape index (κ3) is 3.27. The van der Waals surface area contributed by atoms with Gasteiger partial charge >= 0.3 is 0 Å². The van der Waals surface area contributed by atoms with Crippen LogP contribution in [-0.4, -0.2) is 23.0 Å². The van der Waals surface area contributed by atoms with Crippen LogP contribution in [0.3, 0.4) is 0 Å². The minimum absolute atomic E-state index is 0. The Kier molecular flexibility index (Phi) is 4.81. The second kappa shape index (κ2) is 6.20. The van der Waals surface area contributed by atoms with Crippen molar-refractivity contribution >= 4 is 34.8 Å². The van der Waals surface area contributed by atoms with E-state index in [0.717, 1.165) is 12.1 Å². The molecule has 2 aliphatic rings. The van der Waals surface area contributed by atoms with Crippen LogP contribution in [0, 0.1) is 12.8 Å². The fourth-order valence-corrected chi connectivity index (χ4v) is 3.82. The number of nitrogens with zero attached hydrogens (tertiary/aromatic N) is 1. The van der Waals surface area contributed by atoms with Gasteiger partial charge in [-0.25, -0.2) is 4.98 Å². The Morgan fingerprint density at radius 3 is 2.95 bits per heavy atom. The SMILES string of the molecule is Cc1csc(NC(=O)C2CC3CCCCC3N2)n1.Cl. The van der Waals surface area contributed by atoms with Crippen molar-refractivity contribution in [1.29, 1.82) is 0 Å². The summed E-state index contributed by atoms with van der Waals surface area (Å²) in [5.74, 6) is 0.784. The summed E-state index contributed by atoms with van der Waals surface area (Å²) < 4.78 is 0. The number of fused-ring (bicyclic) bond motifs is 1. The summed E-state index contributed by atoms with van der Waals surface area (Å²) in [5, 5.41) is 9.08. The largest absolute Gasteiger partial charge is 0.303 e. The molecule has 3 unspecified atom stereocenters. The van der Waals surface area contributed by atoms with E-state index in [2.05, 4.69) is 15.6 Å². The Bertz CT molecular complexity index is 437. The van der Waals surface area contributed by atoms with Crippen LogP contribution in [0.2, 0.25) is 0 Å².